The predicted molar refractivity (Wildman–Crippen MR) is 139 cm³/mol. The number of ether oxygens (including phenoxy) is 3. The Morgan fingerprint density at radius 3 is 2.14 bits per heavy atom. The molecule has 1 atom stereocenters. The number of nitrogens with zero attached hydrogens (tertiary/aromatic N) is 3. The number of hydrogen-bond donors (Lipinski definition) is 0. The number of morpholine rings is 1. The molecule has 0 aliphatic carbocycles. The molecule has 1 unspecified atom stereocenters. The van der Waals surface area contributed by atoms with Gasteiger partial charge in [0.2, 0.25) is 0 Å². The molecular weight excluding hydrogens is 510 g/mol. The zero-order valence-electron chi connectivity index (χ0n) is 20.0. The zero-order valence-corrected chi connectivity index (χ0v) is 21.6. The standard InChI is InChI=1S/C27H30BrN3O4/c1-33-23-7-3-20(4-8-23)15-30(16-21-5-9-24(34-2)10-6-21)17-22-19-35-14-13-31(22)26-11-12-27(28)29-25(26)18-32/h3-12,18,22H,13-17,19H2,1-2H3. The monoisotopic (exact) mass is 539 g/mol. The van der Waals surface area contributed by atoms with Crippen LogP contribution < -0.4 is 14.4 Å². The van der Waals surface area contributed by atoms with Crippen LogP contribution in [0.25, 0.3) is 0 Å². The van der Waals surface area contributed by atoms with Gasteiger partial charge in [-0.3, -0.25) is 9.69 Å². The predicted octanol–water partition coefficient (Wildman–Crippen LogP) is 4.58. The van der Waals surface area contributed by atoms with Gasteiger partial charge in [0.25, 0.3) is 0 Å². The summed E-state index contributed by atoms with van der Waals surface area (Å²) in [5.41, 5.74) is 3.66. The van der Waals surface area contributed by atoms with Gasteiger partial charge in [0.05, 0.1) is 39.2 Å². The first-order valence-corrected chi connectivity index (χ1v) is 12.3. The van der Waals surface area contributed by atoms with Crippen molar-refractivity contribution in [2.45, 2.75) is 19.1 Å². The molecule has 0 N–H and O–H groups in total. The summed E-state index contributed by atoms with van der Waals surface area (Å²) >= 11 is 3.37. The average Bonchev–Trinajstić information content (AvgIpc) is 2.90. The molecular formula is C27H30BrN3O4. The van der Waals surface area contributed by atoms with Gasteiger partial charge in [0.15, 0.2) is 6.29 Å². The van der Waals surface area contributed by atoms with Crippen LogP contribution in [0.4, 0.5) is 5.69 Å². The Bertz CT molecular complexity index is 1060. The molecule has 4 rings (SSSR count). The highest BCUT2D eigenvalue weighted by Crippen LogP contribution is 2.26. The van der Waals surface area contributed by atoms with E-state index in [2.05, 4.69) is 55.0 Å². The number of pyridine rings is 1. The van der Waals surface area contributed by atoms with E-state index < -0.39 is 0 Å². The molecule has 0 amide bonds. The van der Waals surface area contributed by atoms with E-state index in [1.807, 2.05) is 36.4 Å². The summed E-state index contributed by atoms with van der Waals surface area (Å²) < 4.78 is 17.2. The fourth-order valence-corrected chi connectivity index (χ4v) is 4.68. The number of hydrogen-bond acceptors (Lipinski definition) is 7. The lowest BCUT2D eigenvalue weighted by Crippen LogP contribution is -2.51. The highest BCUT2D eigenvalue weighted by Gasteiger charge is 2.28. The summed E-state index contributed by atoms with van der Waals surface area (Å²) in [5.74, 6) is 1.68. The molecule has 1 aromatic heterocycles. The second-order valence-electron chi connectivity index (χ2n) is 8.44. The summed E-state index contributed by atoms with van der Waals surface area (Å²) in [6.07, 6.45) is 0.819. The lowest BCUT2D eigenvalue weighted by molar-refractivity contribution is 0.0763. The average molecular weight is 540 g/mol. The molecule has 0 radical (unpaired) electrons. The van der Waals surface area contributed by atoms with Gasteiger partial charge in [-0.25, -0.2) is 4.98 Å². The van der Waals surface area contributed by atoms with Crippen LogP contribution in [-0.2, 0) is 17.8 Å². The summed E-state index contributed by atoms with van der Waals surface area (Å²) in [7, 11) is 3.35. The Labute approximate surface area is 214 Å². The smallest absolute Gasteiger partial charge is 0.170 e. The highest BCUT2D eigenvalue weighted by atomic mass is 79.9. The van der Waals surface area contributed by atoms with E-state index >= 15 is 0 Å². The van der Waals surface area contributed by atoms with Crippen LogP contribution in [0.3, 0.4) is 0 Å². The van der Waals surface area contributed by atoms with Crippen LogP contribution in [0.2, 0.25) is 0 Å². The SMILES string of the molecule is COc1ccc(CN(Cc2ccc(OC)cc2)CC2COCCN2c2ccc(Br)nc2C=O)cc1. The van der Waals surface area contributed by atoms with E-state index in [0.717, 1.165) is 43.1 Å². The molecule has 1 aliphatic heterocycles. The van der Waals surface area contributed by atoms with E-state index in [1.54, 1.807) is 14.2 Å². The van der Waals surface area contributed by atoms with E-state index in [1.165, 1.54) is 11.1 Å². The van der Waals surface area contributed by atoms with E-state index in [4.69, 9.17) is 14.2 Å². The second kappa shape index (κ2) is 12.2. The number of benzene rings is 2. The van der Waals surface area contributed by atoms with Crippen LogP contribution in [0.1, 0.15) is 21.6 Å². The zero-order chi connectivity index (χ0) is 24.6. The van der Waals surface area contributed by atoms with Crippen molar-refractivity contribution in [1.82, 2.24) is 9.88 Å². The molecule has 1 fully saturated rings. The van der Waals surface area contributed by atoms with Crippen LogP contribution in [0.15, 0.2) is 65.3 Å². The number of aromatic nitrogens is 1. The van der Waals surface area contributed by atoms with Crippen molar-refractivity contribution in [1.29, 1.82) is 0 Å². The quantitative estimate of drug-likeness (QED) is 0.276. The van der Waals surface area contributed by atoms with Crippen molar-refractivity contribution in [3.05, 3.63) is 82.1 Å². The van der Waals surface area contributed by atoms with Crippen molar-refractivity contribution < 1.29 is 19.0 Å². The number of methoxy groups -OCH3 is 2. The van der Waals surface area contributed by atoms with Gasteiger partial charge in [-0.15, -0.1) is 0 Å². The van der Waals surface area contributed by atoms with Gasteiger partial charge in [-0.1, -0.05) is 24.3 Å². The maximum absolute atomic E-state index is 11.8. The molecule has 2 aromatic carbocycles. The topological polar surface area (TPSA) is 64.1 Å². The summed E-state index contributed by atoms with van der Waals surface area (Å²) in [4.78, 5) is 20.8. The summed E-state index contributed by atoms with van der Waals surface area (Å²) in [5, 5.41) is 0. The molecule has 35 heavy (non-hydrogen) atoms. The molecule has 0 saturated carbocycles. The molecule has 0 bridgehead atoms. The Balaban J connectivity index is 1.58. The molecule has 1 aliphatic rings. The summed E-state index contributed by atoms with van der Waals surface area (Å²) in [6, 6.07) is 20.2. The van der Waals surface area contributed by atoms with Crippen LogP contribution in [0.5, 0.6) is 11.5 Å². The van der Waals surface area contributed by atoms with Crippen molar-refractivity contribution in [3.63, 3.8) is 0 Å². The number of anilines is 1. The Morgan fingerprint density at radius 1 is 1.00 bits per heavy atom. The maximum Gasteiger partial charge on any atom is 0.170 e. The molecule has 3 aromatic rings. The largest absolute Gasteiger partial charge is 0.497 e. The van der Waals surface area contributed by atoms with Crippen molar-refractivity contribution in [3.8, 4) is 11.5 Å². The number of carbonyl (C=O) groups is 1. The second-order valence-corrected chi connectivity index (χ2v) is 9.26. The fraction of sp³-hybridized carbons (Fsp3) is 0.333. The van der Waals surface area contributed by atoms with Crippen molar-refractivity contribution in [2.75, 3.05) is 45.4 Å². The van der Waals surface area contributed by atoms with Gasteiger partial charge >= 0.3 is 0 Å². The normalized spacial score (nSPS) is 15.8. The van der Waals surface area contributed by atoms with Gasteiger partial charge in [-0.05, 0) is 63.5 Å². The van der Waals surface area contributed by atoms with Crippen LogP contribution >= 0.6 is 15.9 Å². The molecule has 184 valence electrons. The third-order valence-corrected chi connectivity index (χ3v) is 6.56. The van der Waals surface area contributed by atoms with E-state index in [-0.39, 0.29) is 6.04 Å². The van der Waals surface area contributed by atoms with E-state index in [9.17, 15) is 4.79 Å². The van der Waals surface area contributed by atoms with Gasteiger partial charge in [0, 0.05) is 26.2 Å². The first kappa shape index (κ1) is 25.2. The van der Waals surface area contributed by atoms with Gasteiger partial charge in [0.1, 0.15) is 21.8 Å². The molecule has 0 spiro atoms. The highest BCUT2D eigenvalue weighted by molar-refractivity contribution is 9.10. The number of carbonyl (C=O) groups excluding carboxylic acids is 1. The van der Waals surface area contributed by atoms with Crippen LogP contribution in [-0.4, -0.2) is 62.7 Å². The third-order valence-electron chi connectivity index (χ3n) is 6.12. The lowest BCUT2D eigenvalue weighted by Gasteiger charge is -2.40. The molecule has 7 nitrogen and oxygen atoms in total. The Morgan fingerprint density at radius 2 is 1.60 bits per heavy atom. The number of rotatable bonds is 10. The van der Waals surface area contributed by atoms with E-state index in [0.29, 0.717) is 30.1 Å². The van der Waals surface area contributed by atoms with Gasteiger partial charge < -0.3 is 19.1 Å². The maximum atomic E-state index is 11.8. The first-order valence-electron chi connectivity index (χ1n) is 11.5. The first-order chi connectivity index (χ1) is 17.1. The fourth-order valence-electron chi connectivity index (χ4n) is 4.36. The third kappa shape index (κ3) is 6.60. The minimum absolute atomic E-state index is 0.0712. The minimum atomic E-state index is 0.0712. The molecule has 1 saturated heterocycles. The van der Waals surface area contributed by atoms with Crippen molar-refractivity contribution in [2.24, 2.45) is 0 Å². The van der Waals surface area contributed by atoms with Crippen LogP contribution in [0, 0.1) is 0 Å². The molecule has 8 heteroatoms. The summed E-state index contributed by atoms with van der Waals surface area (Å²) in [6.45, 7) is 4.18. The number of aldehydes is 1. The molecule has 2 heterocycles. The van der Waals surface area contributed by atoms with Crippen molar-refractivity contribution >= 4 is 27.9 Å². The Kier molecular flexibility index (Phi) is 8.74. The lowest BCUT2D eigenvalue weighted by atomic mass is 10.1. The number of halogens is 1. The van der Waals surface area contributed by atoms with Gasteiger partial charge in [-0.2, -0.15) is 0 Å². The minimum Gasteiger partial charge on any atom is -0.497 e. The Hall–Kier alpha value is -2.94.